The lowest BCUT2D eigenvalue weighted by molar-refractivity contribution is 0.623. The number of halogens is 1. The third-order valence-corrected chi connectivity index (χ3v) is 2.44. The topological polar surface area (TPSA) is 69.1 Å². The summed E-state index contributed by atoms with van der Waals surface area (Å²) in [5, 5.41) is 7.90. The molecule has 0 saturated heterocycles. The Morgan fingerprint density at radius 1 is 1.18 bits per heavy atom. The molecule has 3 aromatic rings. The fourth-order valence-electron chi connectivity index (χ4n) is 1.65. The van der Waals surface area contributed by atoms with E-state index in [0.717, 1.165) is 6.20 Å². The van der Waals surface area contributed by atoms with E-state index in [1.165, 1.54) is 6.20 Å². The molecule has 2 N–H and O–H groups in total. The number of rotatable bonds is 1. The first-order chi connectivity index (χ1) is 8.25. The molecule has 5 nitrogen and oxygen atoms in total. The molecule has 0 aliphatic rings. The number of fused-ring (bicyclic) bond motifs is 1. The minimum absolute atomic E-state index is 0.345. The Hall–Kier alpha value is -2.50. The van der Waals surface area contributed by atoms with Gasteiger partial charge in [-0.25, -0.2) is 4.39 Å². The Labute approximate surface area is 95.7 Å². The average molecular weight is 229 g/mol. The van der Waals surface area contributed by atoms with E-state index in [0.29, 0.717) is 22.7 Å². The molecule has 17 heavy (non-hydrogen) atoms. The molecule has 0 aliphatic heterocycles. The summed E-state index contributed by atoms with van der Waals surface area (Å²) in [6.07, 6.45) is 4.30. The fourth-order valence-corrected chi connectivity index (χ4v) is 1.65. The Kier molecular flexibility index (Phi) is 2.01. The molecule has 0 spiro atoms. The van der Waals surface area contributed by atoms with Crippen molar-refractivity contribution >= 4 is 11.3 Å². The molecular weight excluding hydrogens is 221 g/mol. The van der Waals surface area contributed by atoms with Gasteiger partial charge in [0.25, 0.3) is 0 Å². The third-order valence-electron chi connectivity index (χ3n) is 2.44. The highest BCUT2D eigenvalue weighted by Gasteiger charge is 2.12. The Morgan fingerprint density at radius 3 is 2.88 bits per heavy atom. The summed E-state index contributed by atoms with van der Waals surface area (Å²) in [6.45, 7) is 0. The van der Waals surface area contributed by atoms with E-state index >= 15 is 0 Å². The number of pyridine rings is 2. The fraction of sp³-hybridized carbons (Fsp3) is 0. The molecule has 0 bridgehead atoms. The maximum absolute atomic E-state index is 13.6. The second-order valence-corrected chi connectivity index (χ2v) is 3.57. The molecule has 6 heteroatoms. The minimum Gasteiger partial charge on any atom is -0.398 e. The molecule has 0 atom stereocenters. The van der Waals surface area contributed by atoms with Crippen molar-refractivity contribution in [2.45, 2.75) is 0 Å². The van der Waals surface area contributed by atoms with Crippen molar-refractivity contribution in [2.75, 3.05) is 5.73 Å². The molecule has 0 aliphatic carbocycles. The van der Waals surface area contributed by atoms with Gasteiger partial charge in [-0.05, 0) is 18.2 Å². The van der Waals surface area contributed by atoms with Gasteiger partial charge in [0.15, 0.2) is 17.3 Å². The summed E-state index contributed by atoms with van der Waals surface area (Å²) >= 11 is 0. The standard InChI is InChI=1S/C11H8FN5/c12-9-5-14-4-3-8(9)11-16-15-10-2-1-7(13)6-17(10)11/h1-6H,13H2. The lowest BCUT2D eigenvalue weighted by Gasteiger charge is -2.01. The third kappa shape index (κ3) is 1.50. The SMILES string of the molecule is Nc1ccc2nnc(-c3ccncc3F)n2c1. The lowest BCUT2D eigenvalue weighted by atomic mass is 10.2. The second kappa shape index (κ2) is 3.51. The van der Waals surface area contributed by atoms with Crippen molar-refractivity contribution in [3.8, 4) is 11.4 Å². The van der Waals surface area contributed by atoms with Crippen molar-refractivity contribution in [1.82, 2.24) is 19.6 Å². The molecule has 3 aromatic heterocycles. The lowest BCUT2D eigenvalue weighted by Crippen LogP contribution is -1.95. The van der Waals surface area contributed by atoms with Crippen molar-refractivity contribution in [3.05, 3.63) is 42.6 Å². The van der Waals surface area contributed by atoms with Crippen molar-refractivity contribution in [1.29, 1.82) is 0 Å². The largest absolute Gasteiger partial charge is 0.398 e. The molecule has 0 amide bonds. The normalized spacial score (nSPS) is 10.9. The molecule has 3 rings (SSSR count). The predicted molar refractivity (Wildman–Crippen MR) is 60.6 cm³/mol. The summed E-state index contributed by atoms with van der Waals surface area (Å²) in [6, 6.07) is 5.00. The zero-order chi connectivity index (χ0) is 11.8. The second-order valence-electron chi connectivity index (χ2n) is 3.57. The van der Waals surface area contributed by atoms with Gasteiger partial charge in [-0.1, -0.05) is 0 Å². The zero-order valence-corrected chi connectivity index (χ0v) is 8.71. The van der Waals surface area contributed by atoms with Crippen molar-refractivity contribution in [3.63, 3.8) is 0 Å². The van der Waals surface area contributed by atoms with Gasteiger partial charge in [0, 0.05) is 18.1 Å². The summed E-state index contributed by atoms with van der Waals surface area (Å²) in [7, 11) is 0. The zero-order valence-electron chi connectivity index (χ0n) is 8.71. The van der Waals surface area contributed by atoms with E-state index in [4.69, 9.17) is 5.73 Å². The van der Waals surface area contributed by atoms with Crippen LogP contribution in [0.25, 0.3) is 17.0 Å². The van der Waals surface area contributed by atoms with Crippen LogP contribution in [0.15, 0.2) is 36.8 Å². The minimum atomic E-state index is -0.441. The first kappa shape index (κ1) is 9.71. The van der Waals surface area contributed by atoms with Gasteiger partial charge in [-0.2, -0.15) is 0 Å². The molecule has 3 heterocycles. The van der Waals surface area contributed by atoms with E-state index in [9.17, 15) is 4.39 Å². The number of nitrogens with two attached hydrogens (primary N) is 1. The summed E-state index contributed by atoms with van der Waals surface area (Å²) in [5.74, 6) is -0.0311. The Morgan fingerprint density at radius 2 is 2.06 bits per heavy atom. The maximum Gasteiger partial charge on any atom is 0.171 e. The highest BCUT2D eigenvalue weighted by molar-refractivity contribution is 5.61. The summed E-state index contributed by atoms with van der Waals surface area (Å²) in [4.78, 5) is 3.70. The van der Waals surface area contributed by atoms with Gasteiger partial charge < -0.3 is 5.73 Å². The number of nitrogens with zero attached hydrogens (tertiary/aromatic N) is 4. The van der Waals surface area contributed by atoms with Crippen LogP contribution in [0.1, 0.15) is 0 Å². The van der Waals surface area contributed by atoms with E-state index in [-0.39, 0.29) is 0 Å². The summed E-state index contributed by atoms with van der Waals surface area (Å²) < 4.78 is 15.3. The molecular formula is C11H8FN5. The number of aromatic nitrogens is 4. The van der Waals surface area contributed by atoms with Crippen LogP contribution < -0.4 is 5.73 Å². The molecule has 0 aromatic carbocycles. The van der Waals surface area contributed by atoms with Crippen LogP contribution in [-0.2, 0) is 0 Å². The van der Waals surface area contributed by atoms with E-state index in [1.54, 1.807) is 28.8 Å². The van der Waals surface area contributed by atoms with Crippen LogP contribution >= 0.6 is 0 Å². The monoisotopic (exact) mass is 229 g/mol. The van der Waals surface area contributed by atoms with Gasteiger partial charge in [0.2, 0.25) is 0 Å². The van der Waals surface area contributed by atoms with Gasteiger partial charge in [0.05, 0.1) is 11.8 Å². The first-order valence-corrected chi connectivity index (χ1v) is 4.96. The number of hydrogen-bond acceptors (Lipinski definition) is 4. The maximum atomic E-state index is 13.6. The van der Waals surface area contributed by atoms with Crippen molar-refractivity contribution in [2.24, 2.45) is 0 Å². The van der Waals surface area contributed by atoms with E-state index < -0.39 is 5.82 Å². The number of hydrogen-bond donors (Lipinski definition) is 1. The smallest absolute Gasteiger partial charge is 0.171 e. The van der Waals surface area contributed by atoms with Crippen LogP contribution in [0.5, 0.6) is 0 Å². The predicted octanol–water partition coefficient (Wildman–Crippen LogP) is 1.51. The van der Waals surface area contributed by atoms with E-state index in [2.05, 4.69) is 15.2 Å². The number of nitrogen functional groups attached to an aromatic ring is 1. The van der Waals surface area contributed by atoms with Gasteiger partial charge in [0.1, 0.15) is 0 Å². The van der Waals surface area contributed by atoms with Crippen LogP contribution in [0.2, 0.25) is 0 Å². The Balaban J connectivity index is 2.31. The van der Waals surface area contributed by atoms with Crippen LogP contribution in [0, 0.1) is 5.82 Å². The number of anilines is 1. The van der Waals surface area contributed by atoms with Gasteiger partial charge in [-0.15, -0.1) is 10.2 Å². The Bertz CT molecular complexity index is 691. The highest BCUT2D eigenvalue weighted by Crippen LogP contribution is 2.21. The molecule has 0 radical (unpaired) electrons. The molecule has 0 unspecified atom stereocenters. The van der Waals surface area contributed by atoms with Crippen molar-refractivity contribution < 1.29 is 4.39 Å². The molecule has 0 fully saturated rings. The van der Waals surface area contributed by atoms with Gasteiger partial charge >= 0.3 is 0 Å². The quantitative estimate of drug-likeness (QED) is 0.686. The first-order valence-electron chi connectivity index (χ1n) is 4.96. The highest BCUT2D eigenvalue weighted by atomic mass is 19.1. The van der Waals surface area contributed by atoms with Crippen LogP contribution in [0.3, 0.4) is 0 Å². The van der Waals surface area contributed by atoms with Crippen LogP contribution in [-0.4, -0.2) is 19.6 Å². The average Bonchev–Trinajstić information content (AvgIpc) is 2.72. The van der Waals surface area contributed by atoms with Crippen LogP contribution in [0.4, 0.5) is 10.1 Å². The molecule has 0 saturated carbocycles. The van der Waals surface area contributed by atoms with E-state index in [1.807, 2.05) is 0 Å². The molecule has 84 valence electrons. The van der Waals surface area contributed by atoms with Gasteiger partial charge in [-0.3, -0.25) is 9.38 Å². The summed E-state index contributed by atoms with van der Waals surface area (Å²) in [5.41, 5.74) is 7.21.